The lowest BCUT2D eigenvalue weighted by atomic mass is 9.85. The molecule has 1 aromatic rings. The third-order valence-corrected chi connectivity index (χ3v) is 6.39. The van der Waals surface area contributed by atoms with Crippen LogP contribution in [0.15, 0.2) is 15.9 Å². The summed E-state index contributed by atoms with van der Waals surface area (Å²) in [6, 6.07) is 2.26. The molecule has 2 rings (SSSR count). The Morgan fingerprint density at radius 3 is 2.63 bits per heavy atom. The fraction of sp³-hybridized carbons (Fsp3) is 0.733. The predicted molar refractivity (Wildman–Crippen MR) is 87.8 cm³/mol. The van der Waals surface area contributed by atoms with E-state index in [9.17, 15) is 0 Å². The molecular weight excluding hydrogens is 320 g/mol. The van der Waals surface area contributed by atoms with E-state index in [1.165, 1.54) is 22.2 Å². The van der Waals surface area contributed by atoms with E-state index in [-0.39, 0.29) is 11.1 Å². The third kappa shape index (κ3) is 3.41. The minimum atomic E-state index is 0.253. The topological polar surface area (TPSA) is 15.3 Å². The van der Waals surface area contributed by atoms with Gasteiger partial charge in [-0.2, -0.15) is 0 Å². The van der Waals surface area contributed by atoms with Crippen LogP contribution in [0.3, 0.4) is 0 Å². The Kier molecular flexibility index (Phi) is 4.76. The Labute approximate surface area is 129 Å². The van der Waals surface area contributed by atoms with Crippen LogP contribution in [0.1, 0.15) is 45.4 Å². The van der Waals surface area contributed by atoms with Crippen LogP contribution in [-0.4, -0.2) is 29.1 Å². The molecule has 1 aromatic heterocycles. The van der Waals surface area contributed by atoms with Gasteiger partial charge in [0.1, 0.15) is 0 Å². The summed E-state index contributed by atoms with van der Waals surface area (Å²) in [5.74, 6) is 0. The maximum Gasteiger partial charge on any atom is 0.0335 e. The fourth-order valence-electron chi connectivity index (χ4n) is 2.64. The second-order valence-corrected chi connectivity index (χ2v) is 8.12. The van der Waals surface area contributed by atoms with Crippen LogP contribution in [0.5, 0.6) is 0 Å². The molecule has 2 unspecified atom stereocenters. The Hall–Kier alpha value is 0.1000. The van der Waals surface area contributed by atoms with Crippen LogP contribution >= 0.6 is 27.3 Å². The zero-order chi connectivity index (χ0) is 14.1. The summed E-state index contributed by atoms with van der Waals surface area (Å²) in [5, 5.41) is 5.94. The van der Waals surface area contributed by atoms with Crippen molar-refractivity contribution in [3.05, 3.63) is 20.8 Å². The quantitative estimate of drug-likeness (QED) is 0.877. The number of halogens is 1. The summed E-state index contributed by atoms with van der Waals surface area (Å²) in [7, 11) is 0. The fourth-order valence-corrected chi connectivity index (χ4v) is 4.11. The van der Waals surface area contributed by atoms with Crippen molar-refractivity contribution in [2.24, 2.45) is 0 Å². The molecule has 0 spiro atoms. The molecule has 1 fully saturated rings. The first-order valence-corrected chi connectivity index (χ1v) is 8.81. The van der Waals surface area contributed by atoms with E-state index in [2.05, 4.69) is 65.3 Å². The van der Waals surface area contributed by atoms with Crippen molar-refractivity contribution in [2.45, 2.75) is 58.2 Å². The van der Waals surface area contributed by atoms with Crippen LogP contribution in [0, 0.1) is 0 Å². The molecule has 2 atom stereocenters. The van der Waals surface area contributed by atoms with Gasteiger partial charge < -0.3 is 5.32 Å². The van der Waals surface area contributed by atoms with E-state index < -0.39 is 0 Å². The van der Waals surface area contributed by atoms with Gasteiger partial charge in [-0.3, -0.25) is 4.90 Å². The van der Waals surface area contributed by atoms with Crippen LogP contribution in [-0.2, 0) is 6.54 Å². The number of piperazine rings is 1. The molecule has 1 N–H and O–H groups in total. The first kappa shape index (κ1) is 15.5. The second-order valence-electron chi connectivity index (χ2n) is 6.21. The smallest absolute Gasteiger partial charge is 0.0335 e. The molecule has 0 saturated carbocycles. The summed E-state index contributed by atoms with van der Waals surface area (Å²) in [4.78, 5) is 4.12. The van der Waals surface area contributed by atoms with Gasteiger partial charge >= 0.3 is 0 Å². The molecule has 0 aromatic carbocycles. The van der Waals surface area contributed by atoms with Gasteiger partial charge in [0, 0.05) is 45.4 Å². The molecule has 108 valence electrons. The molecular formula is C15H25BrN2S. The van der Waals surface area contributed by atoms with Crippen molar-refractivity contribution in [1.29, 1.82) is 0 Å². The Morgan fingerprint density at radius 2 is 2.11 bits per heavy atom. The van der Waals surface area contributed by atoms with Crippen molar-refractivity contribution in [2.75, 3.05) is 13.1 Å². The van der Waals surface area contributed by atoms with Crippen LogP contribution in [0.4, 0.5) is 0 Å². The van der Waals surface area contributed by atoms with Gasteiger partial charge in [0.15, 0.2) is 0 Å². The maximum absolute atomic E-state index is 3.76. The minimum absolute atomic E-state index is 0.253. The van der Waals surface area contributed by atoms with E-state index in [1.807, 2.05) is 11.3 Å². The number of nitrogens with zero attached hydrogens (tertiary/aromatic N) is 1. The van der Waals surface area contributed by atoms with Gasteiger partial charge in [-0.25, -0.2) is 0 Å². The summed E-state index contributed by atoms with van der Waals surface area (Å²) in [5.41, 5.74) is 0.522. The summed E-state index contributed by atoms with van der Waals surface area (Å²) >= 11 is 5.41. The lowest BCUT2D eigenvalue weighted by Crippen LogP contribution is -2.67. The average molecular weight is 345 g/mol. The summed E-state index contributed by atoms with van der Waals surface area (Å²) < 4.78 is 1.21. The number of hydrogen-bond acceptors (Lipinski definition) is 3. The van der Waals surface area contributed by atoms with E-state index in [0.29, 0.717) is 0 Å². The third-order valence-electron chi connectivity index (χ3n) is 4.71. The molecule has 19 heavy (non-hydrogen) atoms. The standard InChI is InChI=1S/C15H25BrN2S/c1-5-14(3)11-18(15(4,6-2)10-17-14)8-13-7-12(16)9-19-13/h7,9,17H,5-6,8,10-11H2,1-4H3. The van der Waals surface area contributed by atoms with Crippen LogP contribution < -0.4 is 5.32 Å². The SMILES string of the molecule is CCC1(C)CN(Cc2cc(Br)cs2)C(C)(CC)CN1. The Morgan fingerprint density at radius 1 is 1.37 bits per heavy atom. The number of rotatable bonds is 4. The number of thiophene rings is 1. The van der Waals surface area contributed by atoms with Crippen molar-refractivity contribution < 1.29 is 0 Å². The molecule has 4 heteroatoms. The first-order valence-electron chi connectivity index (χ1n) is 7.14. The van der Waals surface area contributed by atoms with Crippen LogP contribution in [0.25, 0.3) is 0 Å². The average Bonchev–Trinajstić information content (AvgIpc) is 2.80. The van der Waals surface area contributed by atoms with E-state index in [0.717, 1.165) is 19.6 Å². The molecule has 1 saturated heterocycles. The highest BCUT2D eigenvalue weighted by Crippen LogP contribution is 2.31. The van der Waals surface area contributed by atoms with Crippen molar-refractivity contribution in [1.82, 2.24) is 10.2 Å². The Balaban J connectivity index is 2.16. The highest BCUT2D eigenvalue weighted by atomic mass is 79.9. The predicted octanol–water partition coefficient (Wildman–Crippen LogP) is 4.25. The van der Waals surface area contributed by atoms with Crippen LogP contribution in [0.2, 0.25) is 0 Å². The minimum Gasteiger partial charge on any atom is -0.308 e. The second kappa shape index (κ2) is 5.84. The van der Waals surface area contributed by atoms with Gasteiger partial charge in [0.05, 0.1) is 0 Å². The lowest BCUT2D eigenvalue weighted by Gasteiger charge is -2.52. The first-order chi connectivity index (χ1) is 8.91. The summed E-state index contributed by atoms with van der Waals surface area (Å²) in [6.45, 7) is 12.6. The molecule has 0 amide bonds. The molecule has 2 nitrogen and oxygen atoms in total. The molecule has 2 heterocycles. The van der Waals surface area contributed by atoms with Crippen molar-refractivity contribution >= 4 is 27.3 Å². The molecule has 0 radical (unpaired) electrons. The van der Waals surface area contributed by atoms with Crippen molar-refractivity contribution in [3.63, 3.8) is 0 Å². The highest BCUT2D eigenvalue weighted by molar-refractivity contribution is 9.10. The maximum atomic E-state index is 3.76. The monoisotopic (exact) mass is 344 g/mol. The number of hydrogen-bond donors (Lipinski definition) is 1. The van der Waals surface area contributed by atoms with Gasteiger partial charge in [-0.15, -0.1) is 11.3 Å². The molecule has 1 aliphatic rings. The lowest BCUT2D eigenvalue weighted by molar-refractivity contribution is 0.0112. The van der Waals surface area contributed by atoms with Gasteiger partial charge in [-0.05, 0) is 48.7 Å². The van der Waals surface area contributed by atoms with Gasteiger partial charge in [0.25, 0.3) is 0 Å². The molecule has 0 aliphatic carbocycles. The Bertz CT molecular complexity index is 434. The van der Waals surface area contributed by atoms with Gasteiger partial charge in [0.2, 0.25) is 0 Å². The number of nitrogens with one attached hydrogen (secondary N) is 1. The normalized spacial score (nSPS) is 32.7. The zero-order valence-corrected chi connectivity index (χ0v) is 14.8. The van der Waals surface area contributed by atoms with Gasteiger partial charge in [-0.1, -0.05) is 13.8 Å². The van der Waals surface area contributed by atoms with E-state index >= 15 is 0 Å². The van der Waals surface area contributed by atoms with E-state index in [4.69, 9.17) is 0 Å². The van der Waals surface area contributed by atoms with Crippen molar-refractivity contribution in [3.8, 4) is 0 Å². The molecule has 1 aliphatic heterocycles. The summed E-state index contributed by atoms with van der Waals surface area (Å²) in [6.07, 6.45) is 2.36. The highest BCUT2D eigenvalue weighted by Gasteiger charge is 2.40. The van der Waals surface area contributed by atoms with E-state index in [1.54, 1.807) is 0 Å². The largest absolute Gasteiger partial charge is 0.308 e. The zero-order valence-electron chi connectivity index (χ0n) is 12.4. The molecule has 0 bridgehead atoms.